The Morgan fingerprint density at radius 2 is 2.06 bits per heavy atom. The van der Waals surface area contributed by atoms with Crippen molar-refractivity contribution < 1.29 is 4.39 Å². The minimum Gasteiger partial charge on any atom is -0.327 e. The van der Waals surface area contributed by atoms with Crippen molar-refractivity contribution in [2.75, 3.05) is 6.54 Å². The molecule has 0 saturated heterocycles. The average Bonchev–Trinajstić information content (AvgIpc) is 2.39. The monoisotopic (exact) mass is 311 g/mol. The zero-order valence-electron chi connectivity index (χ0n) is 10.5. The molecule has 1 aromatic carbocycles. The van der Waals surface area contributed by atoms with Crippen molar-refractivity contribution in [2.24, 2.45) is 11.7 Å². The summed E-state index contributed by atoms with van der Waals surface area (Å²) in [5.74, 6) is 0.359. The molecule has 0 bridgehead atoms. The summed E-state index contributed by atoms with van der Waals surface area (Å²) in [6, 6.07) is 5.17. The second-order valence-corrected chi connectivity index (χ2v) is 5.84. The molecule has 0 aliphatic heterocycles. The molecule has 1 saturated carbocycles. The molecule has 0 spiro atoms. The van der Waals surface area contributed by atoms with Gasteiger partial charge in [0.1, 0.15) is 5.82 Å². The maximum atomic E-state index is 13.8. The van der Waals surface area contributed by atoms with Gasteiger partial charge in [-0.05, 0) is 30.9 Å². The largest absolute Gasteiger partial charge is 0.327 e. The molecule has 2 N–H and O–H groups in total. The first kappa shape index (κ1) is 13.8. The van der Waals surface area contributed by atoms with E-state index >= 15 is 0 Å². The molecule has 1 nitrogen and oxygen atoms in total. The van der Waals surface area contributed by atoms with Crippen LogP contribution in [0.3, 0.4) is 0 Å². The lowest BCUT2D eigenvalue weighted by Gasteiger charge is -2.24. The van der Waals surface area contributed by atoms with Crippen LogP contribution in [0.5, 0.6) is 0 Å². The summed E-state index contributed by atoms with van der Waals surface area (Å²) in [5, 5.41) is 0. The highest BCUT2D eigenvalue weighted by Gasteiger charge is 2.17. The summed E-state index contributed by atoms with van der Waals surface area (Å²) in [6.07, 6.45) is 8.19. The number of benzene rings is 1. The van der Waals surface area contributed by atoms with Crippen LogP contribution in [0.15, 0.2) is 28.2 Å². The Labute approximate surface area is 116 Å². The summed E-state index contributed by atoms with van der Waals surface area (Å²) in [6.45, 7) is 0.528. The standard InChI is InChI=1S/C15H19BrFN/c16-14-7-6-12(15(17)9-14)8-13(10-18)11-4-2-1-3-5-11/h6-9,11H,1-5,10,18H2. The zero-order valence-corrected chi connectivity index (χ0v) is 12.0. The van der Waals surface area contributed by atoms with E-state index in [-0.39, 0.29) is 5.82 Å². The van der Waals surface area contributed by atoms with Gasteiger partial charge in [-0.3, -0.25) is 0 Å². The SMILES string of the molecule is NCC(=Cc1ccc(Br)cc1F)C1CCCCC1. The fourth-order valence-corrected chi connectivity index (χ4v) is 2.97. The second-order valence-electron chi connectivity index (χ2n) is 4.92. The molecule has 0 radical (unpaired) electrons. The molecule has 3 heteroatoms. The van der Waals surface area contributed by atoms with E-state index in [4.69, 9.17) is 5.73 Å². The van der Waals surface area contributed by atoms with Gasteiger partial charge in [0.25, 0.3) is 0 Å². The van der Waals surface area contributed by atoms with Crippen molar-refractivity contribution in [3.63, 3.8) is 0 Å². The van der Waals surface area contributed by atoms with Gasteiger partial charge >= 0.3 is 0 Å². The Morgan fingerprint density at radius 3 is 2.67 bits per heavy atom. The first-order valence-corrected chi connectivity index (χ1v) is 7.35. The van der Waals surface area contributed by atoms with E-state index in [9.17, 15) is 4.39 Å². The number of hydrogen-bond donors (Lipinski definition) is 1. The van der Waals surface area contributed by atoms with Crippen molar-refractivity contribution in [1.82, 2.24) is 0 Å². The van der Waals surface area contributed by atoms with Crippen molar-refractivity contribution in [2.45, 2.75) is 32.1 Å². The van der Waals surface area contributed by atoms with Crippen molar-refractivity contribution in [1.29, 1.82) is 0 Å². The zero-order chi connectivity index (χ0) is 13.0. The van der Waals surface area contributed by atoms with Crippen LogP contribution in [-0.2, 0) is 0 Å². The quantitative estimate of drug-likeness (QED) is 0.873. The molecule has 1 aliphatic carbocycles. The molecule has 98 valence electrons. The number of rotatable bonds is 3. The summed E-state index contributed by atoms with van der Waals surface area (Å²) < 4.78 is 14.6. The predicted molar refractivity (Wildman–Crippen MR) is 77.7 cm³/mol. The van der Waals surface area contributed by atoms with Crippen LogP contribution in [0.25, 0.3) is 6.08 Å². The molecule has 0 heterocycles. The van der Waals surface area contributed by atoms with Crippen LogP contribution in [0.2, 0.25) is 0 Å². The highest BCUT2D eigenvalue weighted by atomic mass is 79.9. The van der Waals surface area contributed by atoms with Gasteiger partial charge in [0.2, 0.25) is 0 Å². The van der Waals surface area contributed by atoms with Gasteiger partial charge in [-0.15, -0.1) is 0 Å². The van der Waals surface area contributed by atoms with E-state index in [2.05, 4.69) is 15.9 Å². The van der Waals surface area contributed by atoms with Gasteiger partial charge in [-0.2, -0.15) is 0 Å². The topological polar surface area (TPSA) is 26.0 Å². The third-order valence-electron chi connectivity index (χ3n) is 3.67. The molecular weight excluding hydrogens is 293 g/mol. The van der Waals surface area contributed by atoms with E-state index in [1.807, 2.05) is 12.1 Å². The minimum atomic E-state index is -0.189. The van der Waals surface area contributed by atoms with Crippen LogP contribution < -0.4 is 5.73 Å². The Bertz CT molecular complexity index is 436. The van der Waals surface area contributed by atoms with E-state index < -0.39 is 0 Å². The minimum absolute atomic E-state index is 0.189. The van der Waals surface area contributed by atoms with E-state index in [0.717, 1.165) is 4.47 Å². The van der Waals surface area contributed by atoms with Gasteiger partial charge in [0, 0.05) is 16.6 Å². The van der Waals surface area contributed by atoms with Crippen LogP contribution in [-0.4, -0.2) is 6.54 Å². The average molecular weight is 312 g/mol. The molecule has 2 rings (SSSR count). The van der Waals surface area contributed by atoms with Crippen LogP contribution in [0.4, 0.5) is 4.39 Å². The Balaban J connectivity index is 2.22. The lowest BCUT2D eigenvalue weighted by molar-refractivity contribution is 0.401. The maximum Gasteiger partial charge on any atom is 0.131 e. The third-order valence-corrected chi connectivity index (χ3v) is 4.16. The van der Waals surface area contributed by atoms with E-state index in [1.165, 1.54) is 43.7 Å². The van der Waals surface area contributed by atoms with Crippen molar-refractivity contribution in [3.8, 4) is 0 Å². The van der Waals surface area contributed by atoms with Gasteiger partial charge in [0.15, 0.2) is 0 Å². The predicted octanol–water partition coefficient (Wildman–Crippen LogP) is 4.51. The van der Waals surface area contributed by atoms with Crippen LogP contribution in [0.1, 0.15) is 37.7 Å². The van der Waals surface area contributed by atoms with Crippen molar-refractivity contribution in [3.05, 3.63) is 39.6 Å². The molecule has 0 aromatic heterocycles. The molecule has 1 aromatic rings. The van der Waals surface area contributed by atoms with Crippen molar-refractivity contribution >= 4 is 22.0 Å². The Kier molecular flexibility index (Phi) is 4.95. The number of hydrogen-bond acceptors (Lipinski definition) is 1. The molecule has 0 amide bonds. The summed E-state index contributed by atoms with van der Waals surface area (Å²) in [4.78, 5) is 0. The number of halogens is 2. The molecule has 1 fully saturated rings. The first-order chi connectivity index (χ1) is 8.70. The summed E-state index contributed by atoms with van der Waals surface area (Å²) in [5.41, 5.74) is 7.66. The summed E-state index contributed by atoms with van der Waals surface area (Å²) >= 11 is 3.27. The Hall–Kier alpha value is -0.670. The lowest BCUT2D eigenvalue weighted by Crippen LogP contribution is -2.16. The van der Waals surface area contributed by atoms with Crippen LogP contribution >= 0.6 is 15.9 Å². The molecule has 0 atom stereocenters. The molecule has 18 heavy (non-hydrogen) atoms. The van der Waals surface area contributed by atoms with Gasteiger partial charge in [-0.1, -0.05) is 52.9 Å². The fourth-order valence-electron chi connectivity index (χ4n) is 2.64. The maximum absolute atomic E-state index is 13.8. The first-order valence-electron chi connectivity index (χ1n) is 6.56. The third kappa shape index (κ3) is 3.42. The summed E-state index contributed by atoms with van der Waals surface area (Å²) in [7, 11) is 0. The molecule has 0 unspecified atom stereocenters. The molecule has 1 aliphatic rings. The lowest BCUT2D eigenvalue weighted by atomic mass is 9.83. The normalized spacial score (nSPS) is 18.1. The second kappa shape index (κ2) is 6.48. The Morgan fingerprint density at radius 1 is 1.33 bits per heavy atom. The number of nitrogens with two attached hydrogens (primary N) is 1. The van der Waals surface area contributed by atoms with E-state index in [1.54, 1.807) is 6.07 Å². The fraction of sp³-hybridized carbons (Fsp3) is 0.467. The van der Waals surface area contributed by atoms with E-state index in [0.29, 0.717) is 18.0 Å². The van der Waals surface area contributed by atoms with Gasteiger partial charge in [0.05, 0.1) is 0 Å². The molecular formula is C15H19BrFN. The highest BCUT2D eigenvalue weighted by molar-refractivity contribution is 9.10. The smallest absolute Gasteiger partial charge is 0.131 e. The van der Waals surface area contributed by atoms with Gasteiger partial charge in [-0.25, -0.2) is 4.39 Å². The van der Waals surface area contributed by atoms with Gasteiger partial charge < -0.3 is 5.73 Å². The van der Waals surface area contributed by atoms with Crippen LogP contribution in [0, 0.1) is 11.7 Å². The highest BCUT2D eigenvalue weighted by Crippen LogP contribution is 2.30.